The number of nitrogens with two attached hydrogens (primary N) is 1. The van der Waals surface area contributed by atoms with Gasteiger partial charge in [-0.15, -0.1) is 0 Å². The normalized spacial score (nSPS) is 32.7. The monoisotopic (exact) mass is 245 g/mol. The van der Waals surface area contributed by atoms with E-state index >= 15 is 0 Å². The van der Waals surface area contributed by atoms with Crippen LogP contribution in [0.3, 0.4) is 0 Å². The average Bonchev–Trinajstić information content (AvgIpc) is 2.60. The number of sulfone groups is 1. The molecule has 1 aliphatic carbocycles. The molecule has 0 spiro atoms. The van der Waals surface area contributed by atoms with Crippen molar-refractivity contribution in [3.63, 3.8) is 0 Å². The molecule has 2 aliphatic rings. The van der Waals surface area contributed by atoms with Crippen LogP contribution in [0.25, 0.3) is 0 Å². The van der Waals surface area contributed by atoms with Crippen molar-refractivity contribution in [2.75, 3.05) is 11.5 Å². The summed E-state index contributed by atoms with van der Waals surface area (Å²) in [5.74, 6) is 1.68. The van der Waals surface area contributed by atoms with Gasteiger partial charge in [0.15, 0.2) is 9.84 Å². The largest absolute Gasteiger partial charge is 0.327 e. The minimum absolute atomic E-state index is 0.111. The van der Waals surface area contributed by atoms with Crippen molar-refractivity contribution in [1.82, 2.24) is 0 Å². The van der Waals surface area contributed by atoms with Crippen LogP contribution in [0.15, 0.2) is 0 Å². The van der Waals surface area contributed by atoms with Crippen LogP contribution in [0.2, 0.25) is 0 Å². The quantitative estimate of drug-likeness (QED) is 0.823. The minimum Gasteiger partial charge on any atom is -0.327 e. The molecule has 2 rings (SSSR count). The Morgan fingerprint density at radius 3 is 2.38 bits per heavy atom. The molecular weight excluding hydrogens is 222 g/mol. The second-order valence-electron chi connectivity index (χ2n) is 5.57. The molecule has 1 aliphatic heterocycles. The summed E-state index contributed by atoms with van der Waals surface area (Å²) in [4.78, 5) is 0. The van der Waals surface area contributed by atoms with Crippen LogP contribution >= 0.6 is 0 Å². The van der Waals surface area contributed by atoms with Gasteiger partial charge in [0, 0.05) is 6.04 Å². The molecule has 0 aromatic carbocycles. The topological polar surface area (TPSA) is 60.2 Å². The smallest absolute Gasteiger partial charge is 0.150 e. The van der Waals surface area contributed by atoms with Crippen LogP contribution in [0.4, 0.5) is 0 Å². The summed E-state index contributed by atoms with van der Waals surface area (Å²) >= 11 is 0. The highest BCUT2D eigenvalue weighted by Gasteiger charge is 2.33. The predicted molar refractivity (Wildman–Crippen MR) is 65.9 cm³/mol. The third-order valence-corrected chi connectivity index (χ3v) is 6.00. The second-order valence-corrected chi connectivity index (χ2v) is 7.80. The molecule has 1 saturated heterocycles. The molecule has 2 N–H and O–H groups in total. The fraction of sp³-hybridized carbons (Fsp3) is 1.00. The SMILES string of the molecule is NC(CC1CCCCC1)C1CCS(=O)(=O)C1. The van der Waals surface area contributed by atoms with Gasteiger partial charge in [-0.25, -0.2) is 8.42 Å². The number of rotatable bonds is 3. The van der Waals surface area contributed by atoms with E-state index in [1.807, 2.05) is 0 Å². The summed E-state index contributed by atoms with van der Waals surface area (Å²) in [7, 11) is -2.76. The van der Waals surface area contributed by atoms with Crippen LogP contribution < -0.4 is 5.73 Å². The first kappa shape index (κ1) is 12.4. The van der Waals surface area contributed by atoms with Crippen molar-refractivity contribution in [3.05, 3.63) is 0 Å². The molecule has 0 amide bonds. The summed E-state index contributed by atoms with van der Waals surface area (Å²) in [5, 5.41) is 0. The third-order valence-electron chi connectivity index (χ3n) is 4.20. The lowest BCUT2D eigenvalue weighted by molar-refractivity contribution is 0.289. The summed E-state index contributed by atoms with van der Waals surface area (Å²) in [6.45, 7) is 0. The van der Waals surface area contributed by atoms with Gasteiger partial charge in [0.1, 0.15) is 0 Å². The molecule has 0 aromatic heterocycles. The molecule has 4 heteroatoms. The lowest BCUT2D eigenvalue weighted by Gasteiger charge is -2.27. The molecule has 2 atom stereocenters. The van der Waals surface area contributed by atoms with Gasteiger partial charge in [-0.1, -0.05) is 32.1 Å². The molecule has 0 bridgehead atoms. The highest BCUT2D eigenvalue weighted by atomic mass is 32.2. The van der Waals surface area contributed by atoms with Crippen molar-refractivity contribution in [1.29, 1.82) is 0 Å². The van der Waals surface area contributed by atoms with E-state index in [-0.39, 0.29) is 12.0 Å². The standard InChI is InChI=1S/C12H23NO2S/c13-12(8-10-4-2-1-3-5-10)11-6-7-16(14,15)9-11/h10-12H,1-9,13H2. The Bertz CT molecular complexity index is 320. The van der Waals surface area contributed by atoms with E-state index in [9.17, 15) is 8.42 Å². The molecule has 1 saturated carbocycles. The van der Waals surface area contributed by atoms with Crippen molar-refractivity contribution in [2.24, 2.45) is 17.6 Å². The first-order valence-electron chi connectivity index (χ1n) is 6.53. The van der Waals surface area contributed by atoms with E-state index < -0.39 is 9.84 Å². The maximum Gasteiger partial charge on any atom is 0.150 e. The van der Waals surface area contributed by atoms with Gasteiger partial charge in [-0.3, -0.25) is 0 Å². The summed E-state index contributed by atoms with van der Waals surface area (Å²) < 4.78 is 22.8. The van der Waals surface area contributed by atoms with E-state index in [1.54, 1.807) is 0 Å². The molecule has 2 unspecified atom stereocenters. The maximum atomic E-state index is 11.4. The first-order valence-corrected chi connectivity index (χ1v) is 8.35. The Balaban J connectivity index is 1.81. The Hall–Kier alpha value is -0.0900. The zero-order chi connectivity index (χ0) is 11.6. The van der Waals surface area contributed by atoms with Crippen LogP contribution in [-0.2, 0) is 9.84 Å². The van der Waals surface area contributed by atoms with Crippen molar-refractivity contribution < 1.29 is 8.42 Å². The molecule has 3 nitrogen and oxygen atoms in total. The predicted octanol–water partition coefficient (Wildman–Crippen LogP) is 1.72. The van der Waals surface area contributed by atoms with Gasteiger partial charge in [0.05, 0.1) is 11.5 Å². The van der Waals surface area contributed by atoms with Crippen molar-refractivity contribution in [2.45, 2.75) is 51.0 Å². The Morgan fingerprint density at radius 2 is 1.81 bits per heavy atom. The van der Waals surface area contributed by atoms with Crippen LogP contribution in [0, 0.1) is 11.8 Å². The number of hydrogen-bond acceptors (Lipinski definition) is 3. The summed E-state index contributed by atoms with van der Waals surface area (Å²) in [6.07, 6.45) is 8.46. The van der Waals surface area contributed by atoms with Crippen molar-refractivity contribution in [3.8, 4) is 0 Å². The van der Waals surface area contributed by atoms with Crippen molar-refractivity contribution >= 4 is 9.84 Å². The van der Waals surface area contributed by atoms with E-state index in [1.165, 1.54) is 32.1 Å². The number of hydrogen-bond donors (Lipinski definition) is 1. The third kappa shape index (κ3) is 3.20. The van der Waals surface area contributed by atoms with Gasteiger partial charge in [0.25, 0.3) is 0 Å². The molecular formula is C12H23NO2S. The van der Waals surface area contributed by atoms with E-state index in [0.717, 1.165) is 18.8 Å². The van der Waals surface area contributed by atoms with Gasteiger partial charge < -0.3 is 5.73 Å². The fourth-order valence-corrected chi connectivity index (χ4v) is 5.06. The molecule has 0 radical (unpaired) electrons. The molecule has 1 heterocycles. The Kier molecular flexibility index (Phi) is 3.90. The summed E-state index contributed by atoms with van der Waals surface area (Å²) in [6, 6.07) is 0.111. The first-order chi connectivity index (χ1) is 7.57. The van der Waals surface area contributed by atoms with Gasteiger partial charge >= 0.3 is 0 Å². The lowest BCUT2D eigenvalue weighted by atomic mass is 9.82. The van der Waals surface area contributed by atoms with Crippen LogP contribution in [0.1, 0.15) is 44.9 Å². The average molecular weight is 245 g/mol. The zero-order valence-corrected chi connectivity index (χ0v) is 10.7. The fourth-order valence-electron chi connectivity index (χ4n) is 3.16. The maximum absolute atomic E-state index is 11.4. The molecule has 0 aromatic rings. The Labute approximate surface area is 98.7 Å². The van der Waals surface area contributed by atoms with Gasteiger partial charge in [-0.05, 0) is 24.7 Å². The molecule has 16 heavy (non-hydrogen) atoms. The van der Waals surface area contributed by atoms with E-state index in [2.05, 4.69) is 0 Å². The molecule has 2 fully saturated rings. The second kappa shape index (κ2) is 5.05. The summed E-state index contributed by atoms with van der Waals surface area (Å²) in [5.41, 5.74) is 6.17. The lowest BCUT2D eigenvalue weighted by Crippen LogP contribution is -2.33. The van der Waals surface area contributed by atoms with Gasteiger partial charge in [-0.2, -0.15) is 0 Å². The van der Waals surface area contributed by atoms with E-state index in [4.69, 9.17) is 5.73 Å². The minimum atomic E-state index is -2.76. The molecule has 94 valence electrons. The van der Waals surface area contributed by atoms with Gasteiger partial charge in [0.2, 0.25) is 0 Å². The Morgan fingerprint density at radius 1 is 1.12 bits per heavy atom. The van der Waals surface area contributed by atoms with E-state index in [0.29, 0.717) is 11.5 Å². The highest BCUT2D eigenvalue weighted by molar-refractivity contribution is 7.91. The van der Waals surface area contributed by atoms with Crippen LogP contribution in [0.5, 0.6) is 0 Å². The highest BCUT2D eigenvalue weighted by Crippen LogP contribution is 2.30. The zero-order valence-electron chi connectivity index (χ0n) is 9.90. The van der Waals surface area contributed by atoms with Crippen LogP contribution in [-0.4, -0.2) is 26.0 Å².